The van der Waals surface area contributed by atoms with Gasteiger partial charge in [-0.2, -0.15) is 5.26 Å². The lowest BCUT2D eigenvalue weighted by molar-refractivity contribution is -0.141. The highest BCUT2D eigenvalue weighted by molar-refractivity contribution is 6.00. The molecule has 1 aliphatic rings. The van der Waals surface area contributed by atoms with Crippen LogP contribution in [0.15, 0.2) is 66.9 Å². The fraction of sp³-hybridized carbons (Fsp3) is 0.349. The number of carbonyl (C=O) groups is 5. The zero-order valence-electron chi connectivity index (χ0n) is 34.6. The van der Waals surface area contributed by atoms with Crippen LogP contribution < -0.4 is 47.9 Å². The first-order valence-corrected chi connectivity index (χ1v) is 19.9. The molecule has 3 aromatic carbocycles. The number of nitrogens with two attached hydrogens (primary N) is 3. The summed E-state index contributed by atoms with van der Waals surface area (Å²) in [6.45, 7) is 3.36. The van der Waals surface area contributed by atoms with Gasteiger partial charge in [0.05, 0.1) is 17.3 Å². The fourth-order valence-corrected chi connectivity index (χ4v) is 6.81. The number of phenols is 1. The Morgan fingerprint density at radius 1 is 0.952 bits per heavy atom. The van der Waals surface area contributed by atoms with E-state index < -0.39 is 53.7 Å². The van der Waals surface area contributed by atoms with Crippen molar-refractivity contribution in [2.75, 3.05) is 46.4 Å². The van der Waals surface area contributed by atoms with Crippen LogP contribution in [0, 0.1) is 18.3 Å². The van der Waals surface area contributed by atoms with Crippen LogP contribution >= 0.6 is 0 Å². The molecule has 62 heavy (non-hydrogen) atoms. The summed E-state index contributed by atoms with van der Waals surface area (Å²) in [5.41, 5.74) is 20.4. The first-order chi connectivity index (χ1) is 29.8. The van der Waals surface area contributed by atoms with Gasteiger partial charge in [0.15, 0.2) is 5.82 Å². The molecule has 11 N–H and O–H groups in total. The normalized spacial score (nSPS) is 16.6. The smallest absolute Gasteiger partial charge is 0.255 e. The number of carbonyl (C=O) groups excluding carboxylic acids is 5. The van der Waals surface area contributed by atoms with E-state index in [1.807, 2.05) is 6.07 Å². The van der Waals surface area contributed by atoms with Crippen molar-refractivity contribution in [2.45, 2.75) is 50.9 Å². The van der Waals surface area contributed by atoms with Gasteiger partial charge in [0.2, 0.25) is 23.6 Å². The molecule has 1 aromatic heterocycles. The molecular weight excluding hydrogens is 799 g/mol. The molecule has 4 bridgehead atoms. The number of nitrogens with zero attached hydrogens (tertiary/aromatic N) is 4. The van der Waals surface area contributed by atoms with Crippen LogP contribution in [0.3, 0.4) is 0 Å². The number of ether oxygens (including phenoxy) is 2. The van der Waals surface area contributed by atoms with Crippen molar-refractivity contribution in [3.05, 3.63) is 89.2 Å². The molecular formula is C43H51N11O8. The standard InChI is InChI=1S/C43H51N11O8/c1-24-32(23-49-38(50-24)27-5-8-29(55)9-6-27)40(57)52-33(12-13-44)43(60)54(3)37-28-7-11-36(62-19-16-47)31(22-28)30-20-26(4-10-35(30)61-18-15-46)21-34(41(58)48-17-14-45)53-39(56)25(2)51-42(37)59/h4-11,20,22-23,25,33-34,37,55H,12-13,15-19,21,44,46-47H2,1-3H3,(H,48,58)(H,51,59)(H,52,57)(H,53,56)/t25-,33-,34-,37-/m0/s1. The molecule has 0 spiro atoms. The van der Waals surface area contributed by atoms with Gasteiger partial charge in [-0.05, 0) is 86.5 Å². The molecule has 1 aliphatic heterocycles. The Morgan fingerprint density at radius 2 is 1.61 bits per heavy atom. The van der Waals surface area contributed by atoms with E-state index in [-0.39, 0.29) is 63.5 Å². The van der Waals surface area contributed by atoms with Gasteiger partial charge in [0.1, 0.15) is 61.2 Å². The summed E-state index contributed by atoms with van der Waals surface area (Å²) in [6, 6.07) is 13.1. The number of hydrogen-bond donors (Lipinski definition) is 8. The summed E-state index contributed by atoms with van der Waals surface area (Å²) in [7, 11) is 1.39. The molecule has 0 radical (unpaired) electrons. The van der Waals surface area contributed by atoms with Gasteiger partial charge in [0, 0.05) is 49.4 Å². The number of hydrogen-bond acceptors (Lipinski definition) is 14. The number of aromatic nitrogens is 2. The molecule has 19 nitrogen and oxygen atoms in total. The Labute approximate surface area is 358 Å². The highest BCUT2D eigenvalue weighted by atomic mass is 16.5. The Kier molecular flexibility index (Phi) is 15.9. The predicted molar refractivity (Wildman–Crippen MR) is 227 cm³/mol. The molecule has 2 heterocycles. The monoisotopic (exact) mass is 849 g/mol. The number of likely N-dealkylation sites (N-methyl/N-ethyl adjacent to an activating group) is 1. The van der Waals surface area contributed by atoms with E-state index in [2.05, 4.69) is 31.2 Å². The molecule has 4 aromatic rings. The van der Waals surface area contributed by atoms with E-state index in [4.69, 9.17) is 31.9 Å². The van der Waals surface area contributed by atoms with Crippen molar-refractivity contribution in [3.8, 4) is 45.8 Å². The van der Waals surface area contributed by atoms with Gasteiger partial charge in [-0.3, -0.25) is 24.0 Å². The zero-order valence-corrected chi connectivity index (χ0v) is 34.6. The van der Waals surface area contributed by atoms with Crippen LogP contribution in [0.2, 0.25) is 0 Å². The Bertz CT molecular complexity index is 2320. The minimum atomic E-state index is -1.42. The van der Waals surface area contributed by atoms with Crippen molar-refractivity contribution < 1.29 is 38.6 Å². The quantitative estimate of drug-likeness (QED) is 0.0749. The minimum Gasteiger partial charge on any atom is -0.508 e. The zero-order chi connectivity index (χ0) is 44.9. The largest absolute Gasteiger partial charge is 0.508 e. The molecule has 0 saturated heterocycles. The van der Waals surface area contributed by atoms with E-state index in [0.29, 0.717) is 50.8 Å². The summed E-state index contributed by atoms with van der Waals surface area (Å²) >= 11 is 0. The van der Waals surface area contributed by atoms with Crippen LogP contribution in [-0.2, 0) is 25.6 Å². The van der Waals surface area contributed by atoms with E-state index in [9.17, 15) is 29.1 Å². The first-order valence-electron chi connectivity index (χ1n) is 19.9. The number of aromatic hydroxyl groups is 1. The van der Waals surface area contributed by atoms with E-state index >= 15 is 0 Å². The van der Waals surface area contributed by atoms with Gasteiger partial charge in [0.25, 0.3) is 5.91 Å². The Balaban J connectivity index is 1.58. The summed E-state index contributed by atoms with van der Waals surface area (Å²) < 4.78 is 12.1. The van der Waals surface area contributed by atoms with Crippen molar-refractivity contribution in [3.63, 3.8) is 0 Å². The third kappa shape index (κ3) is 11.2. The molecule has 19 heteroatoms. The van der Waals surface area contributed by atoms with Crippen molar-refractivity contribution >= 4 is 29.5 Å². The third-order valence-corrected chi connectivity index (χ3v) is 9.96. The molecule has 326 valence electrons. The number of rotatable bonds is 15. The summed E-state index contributed by atoms with van der Waals surface area (Å²) in [6.07, 6.45) is 1.31. The first kappa shape index (κ1) is 45.9. The van der Waals surface area contributed by atoms with E-state index in [0.717, 1.165) is 4.90 Å². The molecule has 0 fully saturated rings. The lowest BCUT2D eigenvalue weighted by atomic mass is 9.93. The predicted octanol–water partition coefficient (Wildman–Crippen LogP) is 0.332. The highest BCUT2D eigenvalue weighted by Crippen LogP contribution is 2.40. The summed E-state index contributed by atoms with van der Waals surface area (Å²) in [5, 5.41) is 29.4. The van der Waals surface area contributed by atoms with Crippen LogP contribution in [0.4, 0.5) is 0 Å². The second kappa shape index (κ2) is 21.4. The lowest BCUT2D eigenvalue weighted by Gasteiger charge is -2.32. The van der Waals surface area contributed by atoms with Crippen LogP contribution in [0.5, 0.6) is 17.2 Å². The van der Waals surface area contributed by atoms with Crippen molar-refractivity contribution in [1.29, 1.82) is 5.26 Å². The maximum absolute atomic E-state index is 14.5. The van der Waals surface area contributed by atoms with Gasteiger partial charge >= 0.3 is 0 Å². The molecule has 5 amide bonds. The average molecular weight is 850 g/mol. The SMILES string of the molecule is Cc1nc(-c2ccc(O)cc2)ncc1C(=O)N[C@@H](CCN)C(=O)N(C)[C@@H]1C(=O)N[C@@H](C)C(=O)N[C@H](C(=O)NCC#N)Cc2ccc(OCCN)c(c2)-c2cc1ccc2OCCN. The van der Waals surface area contributed by atoms with Gasteiger partial charge in [-0.1, -0.05) is 12.1 Å². The number of nitriles is 1. The number of benzene rings is 3. The minimum absolute atomic E-state index is 0.00511. The maximum atomic E-state index is 14.5. The topological polar surface area (TPSA) is 303 Å². The number of aryl methyl sites for hydroxylation is 1. The van der Waals surface area contributed by atoms with Crippen LogP contribution in [0.1, 0.15) is 46.6 Å². The second-order valence-corrected chi connectivity index (χ2v) is 14.4. The number of fused-ring (bicyclic) bond motifs is 5. The van der Waals surface area contributed by atoms with Crippen LogP contribution in [-0.4, -0.2) is 114 Å². The molecule has 4 atom stereocenters. The van der Waals surface area contributed by atoms with Gasteiger partial charge in [-0.25, -0.2) is 9.97 Å². The molecule has 0 unspecified atom stereocenters. The third-order valence-electron chi connectivity index (χ3n) is 9.96. The highest BCUT2D eigenvalue weighted by Gasteiger charge is 2.36. The van der Waals surface area contributed by atoms with Gasteiger partial charge < -0.3 is 57.9 Å². The van der Waals surface area contributed by atoms with Crippen molar-refractivity contribution in [1.82, 2.24) is 36.1 Å². The molecule has 5 rings (SSSR count). The Hall–Kier alpha value is -7.14. The van der Waals surface area contributed by atoms with E-state index in [1.165, 1.54) is 32.3 Å². The van der Waals surface area contributed by atoms with E-state index in [1.54, 1.807) is 55.5 Å². The molecule has 0 aliphatic carbocycles. The number of nitrogens with one attached hydrogen (secondary N) is 4. The van der Waals surface area contributed by atoms with Gasteiger partial charge in [-0.15, -0.1) is 0 Å². The van der Waals surface area contributed by atoms with Crippen molar-refractivity contribution in [2.24, 2.45) is 17.2 Å². The lowest BCUT2D eigenvalue weighted by Crippen LogP contribution is -2.56. The molecule has 0 saturated carbocycles. The summed E-state index contributed by atoms with van der Waals surface area (Å²) in [4.78, 5) is 79.7. The fourth-order valence-electron chi connectivity index (χ4n) is 6.81. The number of amides is 5. The second-order valence-electron chi connectivity index (χ2n) is 14.4. The Morgan fingerprint density at radius 3 is 2.24 bits per heavy atom. The maximum Gasteiger partial charge on any atom is 0.255 e. The average Bonchev–Trinajstić information content (AvgIpc) is 3.26. The summed E-state index contributed by atoms with van der Waals surface area (Å²) in [5.74, 6) is -2.33. The number of phenolic OH excluding ortho intramolecular Hbond substituents is 1. The van der Waals surface area contributed by atoms with Crippen LogP contribution in [0.25, 0.3) is 22.5 Å².